The van der Waals surface area contributed by atoms with E-state index in [4.69, 9.17) is 5.73 Å². The predicted octanol–water partition coefficient (Wildman–Crippen LogP) is -2.29. The fourth-order valence-corrected chi connectivity index (χ4v) is 3.72. The zero-order valence-electron chi connectivity index (χ0n) is 19.9. The van der Waals surface area contributed by atoms with E-state index in [9.17, 15) is 34.5 Å². The lowest BCUT2D eigenvalue weighted by Gasteiger charge is -2.32. The van der Waals surface area contributed by atoms with E-state index in [0.29, 0.717) is 65.4 Å². The number of aliphatic carboxylic acids is 3. The van der Waals surface area contributed by atoms with Gasteiger partial charge >= 0.3 is 17.9 Å². The summed E-state index contributed by atoms with van der Waals surface area (Å²) >= 11 is 0. The molecule has 0 unspecified atom stereocenters. The maximum Gasteiger partial charge on any atom is 0.317 e. The van der Waals surface area contributed by atoms with E-state index >= 15 is 0 Å². The molecule has 1 fully saturated rings. The van der Waals surface area contributed by atoms with Crippen molar-refractivity contribution in [3.8, 4) is 0 Å². The summed E-state index contributed by atoms with van der Waals surface area (Å²) in [4.78, 5) is 53.3. The van der Waals surface area contributed by atoms with Crippen molar-refractivity contribution in [1.82, 2.24) is 24.9 Å². The molecule has 1 amide bonds. The molecule has 13 heteroatoms. The molecule has 0 radical (unpaired) electrons. The molecule has 0 spiro atoms. The maximum atomic E-state index is 12.4. The fraction of sp³-hybridized carbons (Fsp3) is 0.810. The van der Waals surface area contributed by atoms with Gasteiger partial charge < -0.3 is 26.4 Å². The van der Waals surface area contributed by atoms with Crippen LogP contribution >= 0.6 is 0 Å². The highest BCUT2D eigenvalue weighted by molar-refractivity contribution is 5.78. The molecule has 0 aromatic carbocycles. The number of rotatable bonds is 13. The normalized spacial score (nSPS) is 18.0. The van der Waals surface area contributed by atoms with Crippen LogP contribution in [0, 0.1) is 0 Å². The van der Waals surface area contributed by atoms with Crippen LogP contribution in [0.2, 0.25) is 0 Å². The molecule has 1 heterocycles. The van der Waals surface area contributed by atoms with Crippen LogP contribution in [0.1, 0.15) is 19.3 Å². The molecule has 1 aliphatic heterocycles. The first-order chi connectivity index (χ1) is 16.2. The van der Waals surface area contributed by atoms with Gasteiger partial charge in [0.05, 0.1) is 26.2 Å². The minimum Gasteiger partial charge on any atom is -0.480 e. The van der Waals surface area contributed by atoms with Crippen molar-refractivity contribution < 1.29 is 34.5 Å². The van der Waals surface area contributed by atoms with Gasteiger partial charge in [0, 0.05) is 58.9 Å². The van der Waals surface area contributed by atoms with Crippen LogP contribution in [-0.2, 0) is 19.2 Å². The Balaban J connectivity index is 2.82. The van der Waals surface area contributed by atoms with Gasteiger partial charge in [0.1, 0.15) is 0 Å². The molecule has 1 saturated heterocycles. The second-order valence-corrected chi connectivity index (χ2v) is 8.49. The number of hydrogen-bond acceptors (Lipinski definition) is 9. The number of nitrogens with two attached hydrogens (primary N) is 1. The Kier molecular flexibility index (Phi) is 15.0. The summed E-state index contributed by atoms with van der Waals surface area (Å²) in [6.07, 6.45) is 2.69. The molecule has 0 atom stereocenters. The molecule has 0 aliphatic carbocycles. The second-order valence-electron chi connectivity index (χ2n) is 8.49. The first-order valence-corrected chi connectivity index (χ1v) is 11.7. The smallest absolute Gasteiger partial charge is 0.317 e. The highest BCUT2D eigenvalue weighted by atomic mass is 16.4. The quantitative estimate of drug-likeness (QED) is 0.175. The standard InChI is InChI=1S/C21H40N6O7/c22-4-2-1-3-5-23-18(28)14-24-6-8-25(15-19(29)30)10-12-27(17-21(33)34)13-11-26(9-7-24)16-20(31)32/h1-17,22H2,(H,23,28)(H,29,30)(H,31,32)(H,33,34). The first-order valence-electron chi connectivity index (χ1n) is 11.7. The van der Waals surface area contributed by atoms with Crippen molar-refractivity contribution in [2.24, 2.45) is 5.73 Å². The third kappa shape index (κ3) is 14.8. The van der Waals surface area contributed by atoms with E-state index < -0.39 is 17.9 Å². The first kappa shape index (κ1) is 29.7. The number of amides is 1. The SMILES string of the molecule is NCCCCCNC(=O)CN1CCN(CC(=O)O)CCN(CC(=O)O)CCN(CC(=O)O)CC1. The summed E-state index contributed by atoms with van der Waals surface area (Å²) in [6, 6.07) is 0. The molecule has 1 aliphatic rings. The lowest BCUT2D eigenvalue weighted by atomic mass is 10.2. The van der Waals surface area contributed by atoms with Gasteiger partial charge in [0.2, 0.25) is 5.91 Å². The number of hydrogen-bond donors (Lipinski definition) is 5. The third-order valence-corrected chi connectivity index (χ3v) is 5.58. The summed E-state index contributed by atoms with van der Waals surface area (Å²) in [7, 11) is 0. The van der Waals surface area contributed by atoms with Crippen LogP contribution in [0.25, 0.3) is 0 Å². The number of carboxylic acids is 3. The zero-order valence-corrected chi connectivity index (χ0v) is 19.9. The largest absolute Gasteiger partial charge is 0.480 e. The molecule has 0 bridgehead atoms. The van der Waals surface area contributed by atoms with Gasteiger partial charge in [-0.15, -0.1) is 0 Å². The van der Waals surface area contributed by atoms with E-state index in [1.165, 1.54) is 0 Å². The minimum absolute atomic E-state index is 0.129. The maximum absolute atomic E-state index is 12.4. The highest BCUT2D eigenvalue weighted by Gasteiger charge is 2.21. The van der Waals surface area contributed by atoms with Crippen LogP contribution in [0.15, 0.2) is 0 Å². The molecule has 0 aromatic heterocycles. The number of carbonyl (C=O) groups is 4. The summed E-state index contributed by atoms with van der Waals surface area (Å²) in [6.45, 7) is 3.71. The van der Waals surface area contributed by atoms with E-state index in [2.05, 4.69) is 5.32 Å². The Morgan fingerprint density at radius 3 is 1.26 bits per heavy atom. The van der Waals surface area contributed by atoms with Crippen molar-refractivity contribution >= 4 is 23.8 Å². The Bertz CT molecular complexity index is 619. The number of carbonyl (C=O) groups excluding carboxylic acids is 1. The summed E-state index contributed by atoms with van der Waals surface area (Å²) in [5.74, 6) is -3.10. The summed E-state index contributed by atoms with van der Waals surface area (Å²) in [5, 5.41) is 30.6. The van der Waals surface area contributed by atoms with Gasteiger partial charge in [-0.05, 0) is 19.4 Å². The number of nitrogens with one attached hydrogen (secondary N) is 1. The van der Waals surface area contributed by atoms with Crippen LogP contribution < -0.4 is 11.1 Å². The highest BCUT2D eigenvalue weighted by Crippen LogP contribution is 2.01. The minimum atomic E-state index is -0.998. The van der Waals surface area contributed by atoms with Crippen molar-refractivity contribution in [3.63, 3.8) is 0 Å². The van der Waals surface area contributed by atoms with Crippen molar-refractivity contribution in [2.45, 2.75) is 19.3 Å². The van der Waals surface area contributed by atoms with Gasteiger partial charge in [-0.2, -0.15) is 0 Å². The van der Waals surface area contributed by atoms with E-state index in [-0.39, 0.29) is 32.1 Å². The predicted molar refractivity (Wildman–Crippen MR) is 125 cm³/mol. The van der Waals surface area contributed by atoms with Gasteiger partial charge in [-0.1, -0.05) is 6.42 Å². The summed E-state index contributed by atoms with van der Waals surface area (Å²) < 4.78 is 0. The molecule has 0 aromatic rings. The second kappa shape index (κ2) is 17.2. The Morgan fingerprint density at radius 1 is 0.588 bits per heavy atom. The number of carboxylic acid groups (broad SMARTS) is 3. The molecular weight excluding hydrogens is 448 g/mol. The molecule has 6 N–H and O–H groups in total. The molecule has 196 valence electrons. The molecule has 13 nitrogen and oxygen atoms in total. The molecule has 1 rings (SSSR count). The van der Waals surface area contributed by atoms with Gasteiger partial charge in [-0.25, -0.2) is 0 Å². The third-order valence-electron chi connectivity index (χ3n) is 5.58. The van der Waals surface area contributed by atoms with Crippen LogP contribution in [-0.4, -0.2) is 150 Å². The topological polar surface area (TPSA) is 180 Å². The average Bonchev–Trinajstić information content (AvgIpc) is 2.74. The van der Waals surface area contributed by atoms with E-state index in [1.54, 1.807) is 14.7 Å². The van der Waals surface area contributed by atoms with Crippen molar-refractivity contribution in [1.29, 1.82) is 0 Å². The number of nitrogens with zero attached hydrogens (tertiary/aromatic N) is 4. The van der Waals surface area contributed by atoms with Crippen LogP contribution in [0.3, 0.4) is 0 Å². The number of unbranched alkanes of at least 4 members (excludes halogenated alkanes) is 2. The van der Waals surface area contributed by atoms with Gasteiger partial charge in [0.15, 0.2) is 0 Å². The van der Waals surface area contributed by atoms with Crippen molar-refractivity contribution in [3.05, 3.63) is 0 Å². The van der Waals surface area contributed by atoms with Gasteiger partial charge in [0.25, 0.3) is 0 Å². The molecule has 0 saturated carbocycles. The Morgan fingerprint density at radius 2 is 0.941 bits per heavy atom. The summed E-state index contributed by atoms with van der Waals surface area (Å²) in [5.41, 5.74) is 5.47. The molecular formula is C21H40N6O7. The Labute approximate surface area is 200 Å². The van der Waals surface area contributed by atoms with E-state index in [1.807, 2.05) is 4.90 Å². The lowest BCUT2D eigenvalue weighted by Crippen LogP contribution is -2.49. The molecule has 34 heavy (non-hydrogen) atoms. The average molecular weight is 489 g/mol. The van der Waals surface area contributed by atoms with Crippen LogP contribution in [0.4, 0.5) is 0 Å². The lowest BCUT2D eigenvalue weighted by molar-refractivity contribution is -0.140. The fourth-order valence-electron chi connectivity index (χ4n) is 3.72. The van der Waals surface area contributed by atoms with Crippen LogP contribution in [0.5, 0.6) is 0 Å². The van der Waals surface area contributed by atoms with Crippen molar-refractivity contribution in [2.75, 3.05) is 91.6 Å². The monoisotopic (exact) mass is 488 g/mol. The van der Waals surface area contributed by atoms with Gasteiger partial charge in [-0.3, -0.25) is 38.8 Å². The van der Waals surface area contributed by atoms with E-state index in [0.717, 1.165) is 19.3 Å². The Hall–Kier alpha value is -2.32. The zero-order chi connectivity index (χ0) is 25.3.